The summed E-state index contributed by atoms with van der Waals surface area (Å²) in [5, 5.41) is 1.96. The van der Waals surface area contributed by atoms with E-state index in [1.807, 2.05) is 60.0 Å². The number of fused-ring (bicyclic) bond motifs is 4. The van der Waals surface area contributed by atoms with Crippen LogP contribution in [0, 0.1) is 25.7 Å². The topological polar surface area (TPSA) is 33.5 Å². The average Bonchev–Trinajstić information content (AvgIpc) is 4.00. The maximum atomic E-state index is 8.65. The minimum absolute atomic E-state index is 0. The standard InChI is InChI=1S/C65H43N4O.Pt/c1-41-36-61(66-39-54(41)42-18-3-2-4-19-42)69-57-31-14-11-22-46(57)47-35-34-45(38-60(47)69)70-44-21-17-20-43(37-44)67-40-68(59-33-16-15-32-58(59)67)65-55-29-12-9-27-52(55)63(53-28-10-13-30-56(53)65)62-48-23-5-7-25-50(48)64(65)51-26-8-6-24-49(51)62;/h2-36,39-40,62-64H,1H3;/q-3;/i2D,3D,4D,18D,19D;. The van der Waals surface area contributed by atoms with E-state index in [2.05, 4.69) is 162 Å². The van der Waals surface area contributed by atoms with Gasteiger partial charge >= 0.3 is 0 Å². The molecule has 71 heavy (non-hydrogen) atoms. The zero-order valence-corrected chi connectivity index (χ0v) is 40.5. The quantitative estimate of drug-likeness (QED) is 0.155. The molecule has 3 heterocycles. The first-order chi connectivity index (χ1) is 36.7. The van der Waals surface area contributed by atoms with Crippen LogP contribution in [-0.2, 0) is 26.6 Å². The molecule has 0 unspecified atom stereocenters. The molecular formula is C65H43N4OPt-3. The van der Waals surface area contributed by atoms with Crippen LogP contribution in [0.15, 0.2) is 218 Å². The van der Waals surface area contributed by atoms with Gasteiger partial charge in [-0.1, -0.05) is 163 Å². The van der Waals surface area contributed by atoms with Crippen LogP contribution in [0.3, 0.4) is 0 Å². The van der Waals surface area contributed by atoms with Crippen LogP contribution in [0.2, 0.25) is 0 Å². The number of pyridine rings is 1. The second kappa shape index (κ2) is 16.0. The van der Waals surface area contributed by atoms with Gasteiger partial charge in [-0.3, -0.25) is 0 Å². The number of nitrogens with zero attached hydrogens (tertiary/aromatic N) is 4. The third-order valence-corrected chi connectivity index (χ3v) is 15.3. The maximum absolute atomic E-state index is 8.65. The Balaban J connectivity index is 0.00000528. The molecule has 0 N–H and O–H groups in total. The first-order valence-electron chi connectivity index (χ1n) is 26.3. The molecule has 6 aliphatic carbocycles. The molecule has 4 bridgehead atoms. The van der Waals surface area contributed by atoms with Gasteiger partial charge in [-0.05, 0) is 92.2 Å². The summed E-state index contributed by atoms with van der Waals surface area (Å²) in [6.45, 7) is 4.16. The summed E-state index contributed by atoms with van der Waals surface area (Å²) in [5.41, 5.74) is 16.1. The van der Waals surface area contributed by atoms with E-state index in [4.69, 9.17) is 16.6 Å². The Bertz CT molecular complexity index is 4130. The Morgan fingerprint density at radius 1 is 0.592 bits per heavy atom. The van der Waals surface area contributed by atoms with Gasteiger partial charge in [0.15, 0.2) is 0 Å². The third kappa shape index (κ3) is 5.93. The van der Waals surface area contributed by atoms with Gasteiger partial charge in [0.1, 0.15) is 5.82 Å². The van der Waals surface area contributed by atoms with E-state index in [0.29, 0.717) is 28.4 Å². The molecule has 0 radical (unpaired) electrons. The summed E-state index contributed by atoms with van der Waals surface area (Å²) in [6.07, 6.45) is 1.59. The molecule has 6 heteroatoms. The molecule has 342 valence electrons. The molecule has 0 fully saturated rings. The Morgan fingerprint density at radius 3 is 1.92 bits per heavy atom. The number of aromatic nitrogens is 2. The van der Waals surface area contributed by atoms with Crippen molar-refractivity contribution in [3.8, 4) is 28.4 Å². The fraction of sp³-hybridized carbons (Fsp3) is 0.0769. The Labute approximate surface area is 434 Å². The summed E-state index contributed by atoms with van der Waals surface area (Å²) in [5.74, 6) is 1.83. The van der Waals surface area contributed by atoms with Crippen molar-refractivity contribution < 1.29 is 32.7 Å². The molecule has 7 aliphatic rings. The monoisotopic (exact) mass is 1100 g/mol. The van der Waals surface area contributed by atoms with Crippen molar-refractivity contribution in [2.45, 2.75) is 30.2 Å². The summed E-state index contributed by atoms with van der Waals surface area (Å²) in [6, 6.07) is 71.0. The zero-order chi connectivity index (χ0) is 50.4. The fourth-order valence-electron chi connectivity index (χ4n) is 12.7. The zero-order valence-electron chi connectivity index (χ0n) is 43.2. The fourth-order valence-corrected chi connectivity index (χ4v) is 12.7. The predicted octanol–water partition coefficient (Wildman–Crippen LogP) is 15.3. The summed E-state index contributed by atoms with van der Waals surface area (Å²) < 4.78 is 50.8. The normalized spacial score (nSPS) is 19.7. The van der Waals surface area contributed by atoms with Crippen LogP contribution in [0.1, 0.15) is 74.7 Å². The van der Waals surface area contributed by atoms with Gasteiger partial charge in [0, 0.05) is 79.0 Å². The summed E-state index contributed by atoms with van der Waals surface area (Å²) in [4.78, 5) is 9.70. The van der Waals surface area contributed by atoms with E-state index in [1.165, 1.54) is 44.5 Å². The second-order valence-electron chi connectivity index (χ2n) is 18.7. The van der Waals surface area contributed by atoms with Gasteiger partial charge in [-0.2, -0.15) is 18.8 Å². The smallest absolute Gasteiger partial charge is 0.135 e. The molecule has 0 saturated carbocycles. The second-order valence-corrected chi connectivity index (χ2v) is 18.7. The van der Waals surface area contributed by atoms with E-state index < -0.39 is 11.6 Å². The number of anilines is 3. The summed E-state index contributed by atoms with van der Waals surface area (Å²) in [7, 11) is 0. The van der Waals surface area contributed by atoms with Crippen LogP contribution in [-0.4, -0.2) is 9.55 Å². The van der Waals surface area contributed by atoms with E-state index in [0.717, 1.165) is 38.9 Å². The van der Waals surface area contributed by atoms with E-state index in [-0.39, 0.29) is 68.6 Å². The van der Waals surface area contributed by atoms with Crippen molar-refractivity contribution >= 4 is 38.9 Å². The molecule has 0 atom stereocenters. The molecule has 18 rings (SSSR count). The van der Waals surface area contributed by atoms with Crippen molar-refractivity contribution in [3.63, 3.8) is 0 Å². The van der Waals surface area contributed by atoms with Gasteiger partial charge in [0.25, 0.3) is 0 Å². The van der Waals surface area contributed by atoms with Crippen molar-refractivity contribution in [2.24, 2.45) is 0 Å². The van der Waals surface area contributed by atoms with Crippen molar-refractivity contribution in [3.05, 3.63) is 287 Å². The number of hydrogen-bond acceptors (Lipinski definition) is 4. The van der Waals surface area contributed by atoms with Crippen LogP contribution >= 0.6 is 0 Å². The van der Waals surface area contributed by atoms with E-state index in [9.17, 15) is 0 Å². The van der Waals surface area contributed by atoms with Crippen LogP contribution < -0.4 is 14.5 Å². The SMILES string of the molecule is [2H]c1c([2H])c([2H])c(-c2cnc(-n3c4[c-]c(Oc5[c-]c(N6[CH-]N(C78c9ccccc9C(c9ccccc97)C7c9ccccc9C8c8ccccc87)c7ccccc76)ccc5)ccc4c4ccccc43)cc2C)c([2H])c1[2H].[Pt]. The van der Waals surface area contributed by atoms with Gasteiger partial charge in [-0.25, -0.2) is 4.98 Å². The average molecular weight is 1100 g/mol. The molecule has 9 aromatic carbocycles. The largest absolute Gasteiger partial charge is 0.509 e. The van der Waals surface area contributed by atoms with E-state index >= 15 is 0 Å². The molecule has 0 spiro atoms. The van der Waals surface area contributed by atoms with E-state index in [1.54, 1.807) is 6.20 Å². The van der Waals surface area contributed by atoms with Crippen molar-refractivity contribution in [2.75, 3.05) is 9.80 Å². The first-order valence-corrected chi connectivity index (χ1v) is 23.8. The number of benzene rings is 9. The Kier molecular flexibility index (Phi) is 8.34. The number of hydrogen-bond donors (Lipinski definition) is 0. The molecule has 11 aromatic rings. The van der Waals surface area contributed by atoms with Crippen molar-refractivity contribution in [1.29, 1.82) is 0 Å². The van der Waals surface area contributed by atoms with Gasteiger partial charge in [-0.15, -0.1) is 41.4 Å². The van der Waals surface area contributed by atoms with Gasteiger partial charge < -0.3 is 19.1 Å². The van der Waals surface area contributed by atoms with Crippen LogP contribution in [0.5, 0.6) is 11.5 Å². The Hall–Kier alpha value is -7.98. The molecule has 5 nitrogen and oxygen atoms in total. The first kappa shape index (κ1) is 36.9. The minimum Gasteiger partial charge on any atom is -0.509 e. The number of ether oxygens (including phenoxy) is 1. The predicted molar refractivity (Wildman–Crippen MR) is 280 cm³/mol. The number of para-hydroxylation sites is 3. The third-order valence-electron chi connectivity index (χ3n) is 15.3. The molecule has 2 aromatic heterocycles. The van der Waals surface area contributed by atoms with Crippen LogP contribution in [0.4, 0.5) is 17.1 Å². The molecule has 0 amide bonds. The number of aryl methyl sites for hydroxylation is 1. The molecule has 0 saturated heterocycles. The molecule has 1 aliphatic heterocycles. The minimum atomic E-state index is -0.698. The van der Waals surface area contributed by atoms with Crippen molar-refractivity contribution in [1.82, 2.24) is 9.55 Å². The van der Waals surface area contributed by atoms with Gasteiger partial charge in [0.05, 0.1) is 12.4 Å². The van der Waals surface area contributed by atoms with Gasteiger partial charge in [0.2, 0.25) is 0 Å². The summed E-state index contributed by atoms with van der Waals surface area (Å²) >= 11 is 0. The number of rotatable bonds is 6. The maximum Gasteiger partial charge on any atom is 0.135 e. The Morgan fingerprint density at radius 2 is 1.20 bits per heavy atom. The molecular weight excluding hydrogens is 1050 g/mol. The van der Waals surface area contributed by atoms with Crippen LogP contribution in [0.25, 0.3) is 38.8 Å².